The van der Waals surface area contributed by atoms with Crippen LogP contribution in [0.3, 0.4) is 0 Å². The Morgan fingerprint density at radius 2 is 1.74 bits per heavy atom. The van der Waals surface area contributed by atoms with Gasteiger partial charge in [0.15, 0.2) is 9.84 Å². The molecule has 4 nitrogen and oxygen atoms in total. The smallest absolute Gasteiger partial charge is 0.179 e. The van der Waals surface area contributed by atoms with Crippen LogP contribution >= 0.6 is 0 Å². The largest absolute Gasteiger partial charge is 0.399 e. The van der Waals surface area contributed by atoms with Gasteiger partial charge >= 0.3 is 0 Å². The third-order valence-electron chi connectivity index (χ3n) is 3.71. The predicted octanol–water partition coefficient (Wildman–Crippen LogP) is 1.92. The summed E-state index contributed by atoms with van der Waals surface area (Å²) in [6, 6.07) is 6.53. The van der Waals surface area contributed by atoms with Crippen molar-refractivity contribution in [3.8, 4) is 0 Å². The second-order valence-corrected chi connectivity index (χ2v) is 7.33. The summed E-state index contributed by atoms with van der Waals surface area (Å²) >= 11 is 0. The van der Waals surface area contributed by atoms with E-state index in [1.165, 1.54) is 19.3 Å². The van der Waals surface area contributed by atoms with E-state index in [4.69, 9.17) is 5.73 Å². The van der Waals surface area contributed by atoms with Crippen molar-refractivity contribution in [2.45, 2.75) is 37.1 Å². The van der Waals surface area contributed by atoms with Crippen LogP contribution in [0.25, 0.3) is 0 Å². The summed E-state index contributed by atoms with van der Waals surface area (Å²) in [6.45, 7) is 4.02. The molecule has 0 aliphatic carbocycles. The third kappa shape index (κ3) is 3.70. The van der Waals surface area contributed by atoms with E-state index in [0.29, 0.717) is 10.6 Å². The van der Waals surface area contributed by atoms with Crippen molar-refractivity contribution in [1.29, 1.82) is 0 Å². The molecule has 0 spiro atoms. The molecule has 2 rings (SSSR count). The van der Waals surface area contributed by atoms with Crippen molar-refractivity contribution in [2.75, 3.05) is 24.6 Å². The van der Waals surface area contributed by atoms with E-state index in [9.17, 15) is 8.42 Å². The number of piperidine rings is 1. The highest BCUT2D eigenvalue weighted by atomic mass is 32.2. The van der Waals surface area contributed by atoms with E-state index in [-0.39, 0.29) is 11.8 Å². The maximum atomic E-state index is 12.3. The lowest BCUT2D eigenvalue weighted by atomic mass is 10.1. The van der Waals surface area contributed by atoms with Crippen LogP contribution in [0.5, 0.6) is 0 Å². The van der Waals surface area contributed by atoms with Gasteiger partial charge in [-0.05, 0) is 57.1 Å². The first-order valence-corrected chi connectivity index (χ1v) is 8.46. The summed E-state index contributed by atoms with van der Waals surface area (Å²) in [5.74, 6) is 0.177. The zero-order valence-corrected chi connectivity index (χ0v) is 12.2. The Morgan fingerprint density at radius 3 is 2.32 bits per heavy atom. The molecule has 0 amide bonds. The first-order chi connectivity index (χ1) is 8.99. The lowest BCUT2D eigenvalue weighted by molar-refractivity contribution is 0.186. The fraction of sp³-hybridized carbons (Fsp3) is 0.571. The zero-order valence-electron chi connectivity index (χ0n) is 11.4. The third-order valence-corrected chi connectivity index (χ3v) is 5.63. The number of rotatable bonds is 4. The van der Waals surface area contributed by atoms with Gasteiger partial charge in [-0.2, -0.15) is 0 Å². The van der Waals surface area contributed by atoms with E-state index >= 15 is 0 Å². The van der Waals surface area contributed by atoms with Gasteiger partial charge in [-0.3, -0.25) is 4.90 Å². The molecule has 19 heavy (non-hydrogen) atoms. The monoisotopic (exact) mass is 282 g/mol. The molecular formula is C14H22N2O2S. The van der Waals surface area contributed by atoms with Gasteiger partial charge < -0.3 is 5.73 Å². The molecule has 1 aromatic carbocycles. The van der Waals surface area contributed by atoms with Crippen molar-refractivity contribution in [3.05, 3.63) is 24.3 Å². The van der Waals surface area contributed by atoms with Crippen molar-refractivity contribution in [3.63, 3.8) is 0 Å². The number of anilines is 1. The van der Waals surface area contributed by atoms with E-state index < -0.39 is 9.84 Å². The van der Waals surface area contributed by atoms with Gasteiger partial charge in [-0.15, -0.1) is 0 Å². The van der Waals surface area contributed by atoms with E-state index in [2.05, 4.69) is 4.90 Å². The Hall–Kier alpha value is -1.07. The number of nitrogen functional groups attached to an aromatic ring is 1. The van der Waals surface area contributed by atoms with Crippen molar-refractivity contribution < 1.29 is 8.42 Å². The second-order valence-electron chi connectivity index (χ2n) is 5.30. The van der Waals surface area contributed by atoms with Gasteiger partial charge in [0, 0.05) is 11.7 Å². The molecule has 1 aromatic rings. The fourth-order valence-electron chi connectivity index (χ4n) is 2.55. The molecule has 1 fully saturated rings. The molecular weight excluding hydrogens is 260 g/mol. The Bertz CT molecular complexity index is 505. The van der Waals surface area contributed by atoms with Crippen molar-refractivity contribution in [2.24, 2.45) is 0 Å². The maximum Gasteiger partial charge on any atom is 0.179 e. The lowest BCUT2D eigenvalue weighted by Crippen LogP contribution is -2.41. The molecule has 1 heterocycles. The van der Waals surface area contributed by atoms with Gasteiger partial charge in [0.2, 0.25) is 0 Å². The highest BCUT2D eigenvalue weighted by Crippen LogP contribution is 2.18. The molecule has 0 bridgehead atoms. The van der Waals surface area contributed by atoms with Gasteiger partial charge in [-0.25, -0.2) is 8.42 Å². The van der Waals surface area contributed by atoms with E-state index in [1.54, 1.807) is 24.3 Å². The molecule has 1 saturated heterocycles. The fourth-order valence-corrected chi connectivity index (χ4v) is 4.14. The molecule has 0 saturated carbocycles. The Balaban J connectivity index is 2.05. The molecule has 0 radical (unpaired) electrons. The SMILES string of the molecule is C[C@@H](CS(=O)(=O)c1ccc(N)cc1)N1CCCCC1. The molecule has 1 atom stereocenters. The summed E-state index contributed by atoms with van der Waals surface area (Å²) < 4.78 is 24.7. The minimum Gasteiger partial charge on any atom is -0.399 e. The van der Waals surface area contributed by atoms with Crippen LogP contribution < -0.4 is 5.73 Å². The van der Waals surface area contributed by atoms with Gasteiger partial charge in [0.1, 0.15) is 0 Å². The topological polar surface area (TPSA) is 63.4 Å². The van der Waals surface area contributed by atoms with Gasteiger partial charge in [0.25, 0.3) is 0 Å². The second kappa shape index (κ2) is 5.92. The van der Waals surface area contributed by atoms with Crippen LogP contribution in [0.15, 0.2) is 29.2 Å². The average molecular weight is 282 g/mol. The lowest BCUT2D eigenvalue weighted by Gasteiger charge is -2.32. The number of sulfone groups is 1. The molecule has 1 aliphatic heterocycles. The van der Waals surface area contributed by atoms with Crippen LogP contribution in [0.2, 0.25) is 0 Å². The highest BCUT2D eigenvalue weighted by Gasteiger charge is 2.23. The molecule has 0 aromatic heterocycles. The summed E-state index contributed by atoms with van der Waals surface area (Å²) in [4.78, 5) is 2.64. The molecule has 1 aliphatic rings. The number of hydrogen-bond acceptors (Lipinski definition) is 4. The summed E-state index contributed by atoms with van der Waals surface area (Å²) in [5.41, 5.74) is 6.17. The van der Waals surface area contributed by atoms with Crippen molar-refractivity contribution in [1.82, 2.24) is 4.90 Å². The summed E-state index contributed by atoms with van der Waals surface area (Å²) in [5, 5.41) is 0. The van der Waals surface area contributed by atoms with Crippen molar-refractivity contribution >= 4 is 15.5 Å². The Labute approximate surface area is 115 Å². The Morgan fingerprint density at radius 1 is 1.16 bits per heavy atom. The number of likely N-dealkylation sites (tertiary alicyclic amines) is 1. The van der Waals surface area contributed by atoms with Crippen LogP contribution in [-0.2, 0) is 9.84 Å². The first-order valence-electron chi connectivity index (χ1n) is 6.81. The number of nitrogens with two attached hydrogens (primary N) is 1. The van der Waals surface area contributed by atoms with Crippen LogP contribution in [0.4, 0.5) is 5.69 Å². The minimum atomic E-state index is -3.22. The summed E-state index contributed by atoms with van der Waals surface area (Å²) in [6.07, 6.45) is 3.60. The summed E-state index contributed by atoms with van der Waals surface area (Å²) in [7, 11) is -3.22. The predicted molar refractivity (Wildman–Crippen MR) is 77.8 cm³/mol. The molecule has 2 N–H and O–H groups in total. The van der Waals surface area contributed by atoms with Crippen LogP contribution in [-0.4, -0.2) is 38.2 Å². The van der Waals surface area contributed by atoms with Gasteiger partial charge in [-0.1, -0.05) is 6.42 Å². The van der Waals surface area contributed by atoms with E-state index in [1.807, 2.05) is 6.92 Å². The standard InChI is InChI=1S/C14H22N2O2S/c1-12(16-9-3-2-4-10-16)11-19(17,18)14-7-5-13(15)6-8-14/h5-8,12H,2-4,9-11,15H2,1H3/t12-/m0/s1. The minimum absolute atomic E-state index is 0.0721. The number of hydrogen-bond donors (Lipinski definition) is 1. The first kappa shape index (κ1) is 14.3. The number of benzene rings is 1. The highest BCUT2D eigenvalue weighted by molar-refractivity contribution is 7.91. The van der Waals surface area contributed by atoms with E-state index in [0.717, 1.165) is 13.1 Å². The maximum absolute atomic E-state index is 12.3. The van der Waals surface area contributed by atoms with Crippen LogP contribution in [0.1, 0.15) is 26.2 Å². The zero-order chi connectivity index (χ0) is 13.9. The van der Waals surface area contributed by atoms with Crippen LogP contribution in [0, 0.1) is 0 Å². The quantitative estimate of drug-likeness (QED) is 0.857. The average Bonchev–Trinajstić information content (AvgIpc) is 2.40. The normalized spacial score (nSPS) is 19.2. The Kier molecular flexibility index (Phi) is 4.47. The number of nitrogens with zero attached hydrogens (tertiary/aromatic N) is 1. The molecule has 0 unspecified atom stereocenters. The molecule has 5 heteroatoms. The molecule has 106 valence electrons. The van der Waals surface area contributed by atoms with Gasteiger partial charge in [0.05, 0.1) is 10.6 Å².